The molecule has 0 spiro atoms. The maximum Gasteiger partial charge on any atom is 0.0611 e. The highest BCUT2D eigenvalue weighted by molar-refractivity contribution is 5.00. The van der Waals surface area contributed by atoms with Gasteiger partial charge in [-0.1, -0.05) is 0 Å². The summed E-state index contributed by atoms with van der Waals surface area (Å²) < 4.78 is 0. The van der Waals surface area contributed by atoms with Crippen LogP contribution in [0.2, 0.25) is 0 Å². The van der Waals surface area contributed by atoms with Gasteiger partial charge in [0.25, 0.3) is 0 Å². The van der Waals surface area contributed by atoms with Crippen LogP contribution in [0.1, 0.15) is 33.6 Å². The quantitative estimate of drug-likeness (QED) is 0.530. The molecule has 1 saturated heterocycles. The Morgan fingerprint density at radius 3 is 2.42 bits per heavy atom. The first-order valence-corrected chi connectivity index (χ1v) is 4.53. The molecule has 0 saturated carbocycles. The van der Waals surface area contributed by atoms with Crippen LogP contribution in [0.5, 0.6) is 0 Å². The van der Waals surface area contributed by atoms with Crippen LogP contribution in [-0.2, 0) is 0 Å². The van der Waals surface area contributed by atoms with Crippen molar-refractivity contribution in [3.05, 3.63) is 0 Å². The van der Waals surface area contributed by atoms with E-state index < -0.39 is 0 Å². The molecule has 0 radical (unpaired) electrons. The van der Waals surface area contributed by atoms with E-state index in [1.807, 2.05) is 6.92 Å². The molecule has 4 N–H and O–H groups in total. The summed E-state index contributed by atoms with van der Waals surface area (Å²) >= 11 is 0. The van der Waals surface area contributed by atoms with E-state index in [9.17, 15) is 5.11 Å². The molecule has 0 aromatic heterocycles. The third kappa shape index (κ3) is 2.19. The standard InChI is InChI=1S/C9H20N2O/c1-8(2)4-7(10)5-9(3,6-12)11-8/h7,11-12H,4-6,10H2,1-3H3. The van der Waals surface area contributed by atoms with Crippen molar-refractivity contribution in [2.45, 2.75) is 50.7 Å². The smallest absolute Gasteiger partial charge is 0.0611 e. The van der Waals surface area contributed by atoms with Gasteiger partial charge in [0.2, 0.25) is 0 Å². The Hall–Kier alpha value is -0.120. The van der Waals surface area contributed by atoms with Crippen molar-refractivity contribution >= 4 is 0 Å². The monoisotopic (exact) mass is 172 g/mol. The van der Waals surface area contributed by atoms with Crippen molar-refractivity contribution in [3.63, 3.8) is 0 Å². The predicted octanol–water partition coefficient (Wildman–Crippen LogP) is 0.227. The van der Waals surface area contributed by atoms with Crippen LogP contribution < -0.4 is 11.1 Å². The van der Waals surface area contributed by atoms with Gasteiger partial charge in [0.1, 0.15) is 0 Å². The van der Waals surface area contributed by atoms with Crippen LogP contribution in [0.15, 0.2) is 0 Å². The number of nitrogens with one attached hydrogen (secondary N) is 1. The molecule has 0 amide bonds. The van der Waals surface area contributed by atoms with Gasteiger partial charge in [-0.05, 0) is 33.6 Å². The molecule has 1 rings (SSSR count). The van der Waals surface area contributed by atoms with Crippen molar-refractivity contribution in [1.82, 2.24) is 5.32 Å². The van der Waals surface area contributed by atoms with Gasteiger partial charge >= 0.3 is 0 Å². The molecule has 0 aromatic carbocycles. The van der Waals surface area contributed by atoms with Crippen molar-refractivity contribution in [3.8, 4) is 0 Å². The summed E-state index contributed by atoms with van der Waals surface area (Å²) in [5, 5.41) is 12.6. The minimum absolute atomic E-state index is 0.0507. The molecule has 2 unspecified atom stereocenters. The second kappa shape index (κ2) is 2.98. The van der Waals surface area contributed by atoms with Gasteiger partial charge in [-0.15, -0.1) is 0 Å². The zero-order valence-electron chi connectivity index (χ0n) is 8.22. The third-order valence-corrected chi connectivity index (χ3v) is 2.47. The van der Waals surface area contributed by atoms with E-state index in [2.05, 4.69) is 19.2 Å². The summed E-state index contributed by atoms with van der Waals surface area (Å²) in [5.41, 5.74) is 5.77. The van der Waals surface area contributed by atoms with Gasteiger partial charge in [-0.3, -0.25) is 0 Å². The van der Waals surface area contributed by atoms with Gasteiger partial charge < -0.3 is 16.2 Å². The SMILES string of the molecule is CC1(C)CC(N)CC(C)(CO)N1. The molecule has 1 aliphatic rings. The summed E-state index contributed by atoms with van der Waals surface area (Å²) in [7, 11) is 0. The lowest BCUT2D eigenvalue weighted by atomic mass is 9.79. The van der Waals surface area contributed by atoms with Crippen molar-refractivity contribution in [1.29, 1.82) is 0 Å². The van der Waals surface area contributed by atoms with E-state index in [1.54, 1.807) is 0 Å². The fraction of sp³-hybridized carbons (Fsp3) is 1.00. The maximum atomic E-state index is 9.18. The first-order chi connectivity index (χ1) is 5.37. The Morgan fingerprint density at radius 1 is 1.42 bits per heavy atom. The van der Waals surface area contributed by atoms with Gasteiger partial charge in [-0.25, -0.2) is 0 Å². The zero-order chi connectivity index (χ0) is 9.41. The molecule has 0 aliphatic carbocycles. The lowest BCUT2D eigenvalue weighted by Crippen LogP contribution is -2.63. The van der Waals surface area contributed by atoms with E-state index >= 15 is 0 Å². The lowest BCUT2D eigenvalue weighted by Gasteiger charge is -2.46. The van der Waals surface area contributed by atoms with E-state index in [0.717, 1.165) is 12.8 Å². The molecule has 3 nitrogen and oxygen atoms in total. The topological polar surface area (TPSA) is 58.3 Å². The first kappa shape index (κ1) is 9.96. The lowest BCUT2D eigenvalue weighted by molar-refractivity contribution is 0.0856. The molecule has 0 bridgehead atoms. The first-order valence-electron chi connectivity index (χ1n) is 4.53. The molecule has 1 heterocycles. The van der Waals surface area contributed by atoms with Crippen LogP contribution in [0.3, 0.4) is 0 Å². The number of aliphatic hydroxyl groups is 1. The second-order valence-electron chi connectivity index (χ2n) is 4.90. The number of hydrogen-bond acceptors (Lipinski definition) is 3. The van der Waals surface area contributed by atoms with Crippen LogP contribution in [0.4, 0.5) is 0 Å². The minimum Gasteiger partial charge on any atom is -0.394 e. The average molecular weight is 172 g/mol. The van der Waals surface area contributed by atoms with Gasteiger partial charge in [-0.2, -0.15) is 0 Å². The molecule has 1 aliphatic heterocycles. The average Bonchev–Trinajstić information content (AvgIpc) is 1.82. The summed E-state index contributed by atoms with van der Waals surface area (Å²) in [4.78, 5) is 0. The Bertz CT molecular complexity index is 170. The molecular formula is C9H20N2O. The largest absolute Gasteiger partial charge is 0.394 e. The fourth-order valence-electron chi connectivity index (χ4n) is 2.33. The molecule has 2 atom stereocenters. The van der Waals surface area contributed by atoms with Gasteiger partial charge in [0, 0.05) is 17.1 Å². The van der Waals surface area contributed by atoms with Gasteiger partial charge in [0.05, 0.1) is 6.61 Å². The van der Waals surface area contributed by atoms with E-state index in [-0.39, 0.29) is 23.7 Å². The van der Waals surface area contributed by atoms with Crippen LogP contribution in [0.25, 0.3) is 0 Å². The maximum absolute atomic E-state index is 9.18. The molecule has 72 valence electrons. The molecular weight excluding hydrogens is 152 g/mol. The number of aliphatic hydroxyl groups excluding tert-OH is 1. The van der Waals surface area contributed by atoms with Gasteiger partial charge in [0.15, 0.2) is 0 Å². The highest BCUT2D eigenvalue weighted by Gasteiger charge is 2.38. The normalized spacial score (nSPS) is 41.2. The van der Waals surface area contributed by atoms with E-state index in [0.29, 0.717) is 0 Å². The Kier molecular flexibility index (Phi) is 2.47. The highest BCUT2D eigenvalue weighted by atomic mass is 16.3. The van der Waals surface area contributed by atoms with Crippen LogP contribution in [-0.4, -0.2) is 28.8 Å². The molecule has 3 heteroatoms. The Labute approximate surface area is 74.3 Å². The summed E-state index contributed by atoms with van der Waals surface area (Å²) in [5.74, 6) is 0. The summed E-state index contributed by atoms with van der Waals surface area (Å²) in [6, 6.07) is 0.207. The Balaban J connectivity index is 2.70. The van der Waals surface area contributed by atoms with Crippen molar-refractivity contribution in [2.75, 3.05) is 6.61 Å². The van der Waals surface area contributed by atoms with Crippen molar-refractivity contribution < 1.29 is 5.11 Å². The fourth-order valence-corrected chi connectivity index (χ4v) is 2.33. The number of nitrogens with two attached hydrogens (primary N) is 1. The van der Waals surface area contributed by atoms with Crippen LogP contribution in [0, 0.1) is 0 Å². The molecule has 1 fully saturated rings. The number of hydrogen-bond donors (Lipinski definition) is 3. The third-order valence-electron chi connectivity index (χ3n) is 2.47. The number of piperidine rings is 1. The molecule has 0 aromatic rings. The summed E-state index contributed by atoms with van der Waals surface area (Å²) in [6.07, 6.45) is 1.83. The zero-order valence-corrected chi connectivity index (χ0v) is 8.22. The second-order valence-corrected chi connectivity index (χ2v) is 4.90. The van der Waals surface area contributed by atoms with Crippen LogP contribution >= 0.6 is 0 Å². The van der Waals surface area contributed by atoms with Crippen molar-refractivity contribution in [2.24, 2.45) is 5.73 Å². The molecule has 12 heavy (non-hydrogen) atoms. The predicted molar refractivity (Wildman–Crippen MR) is 49.9 cm³/mol. The Morgan fingerprint density at radius 2 is 2.00 bits per heavy atom. The van der Waals surface area contributed by atoms with E-state index in [4.69, 9.17) is 5.73 Å². The summed E-state index contributed by atoms with van der Waals surface area (Å²) in [6.45, 7) is 6.43. The minimum atomic E-state index is -0.193. The highest BCUT2D eigenvalue weighted by Crippen LogP contribution is 2.27. The number of rotatable bonds is 1. The van der Waals surface area contributed by atoms with E-state index in [1.165, 1.54) is 0 Å².